The van der Waals surface area contributed by atoms with Gasteiger partial charge in [0, 0.05) is 6.20 Å². The van der Waals surface area contributed by atoms with Crippen LogP contribution in [0.25, 0.3) is 0 Å². The van der Waals surface area contributed by atoms with E-state index in [1.807, 2.05) is 0 Å². The molecule has 0 amide bonds. The SMILES string of the molecule is COc1cc(C(=O)OCc2cncs2)ccc1Cl. The van der Waals surface area contributed by atoms with E-state index in [-0.39, 0.29) is 6.61 Å². The van der Waals surface area contributed by atoms with Crippen molar-refractivity contribution in [3.8, 4) is 5.75 Å². The molecule has 0 aliphatic carbocycles. The molecule has 6 heteroatoms. The summed E-state index contributed by atoms with van der Waals surface area (Å²) in [6.07, 6.45) is 1.67. The van der Waals surface area contributed by atoms with E-state index in [4.69, 9.17) is 21.1 Å². The van der Waals surface area contributed by atoms with Crippen LogP contribution in [-0.2, 0) is 11.3 Å². The van der Waals surface area contributed by atoms with Crippen LogP contribution in [0.5, 0.6) is 5.75 Å². The molecule has 0 saturated heterocycles. The minimum absolute atomic E-state index is 0.217. The average Bonchev–Trinajstić information content (AvgIpc) is 2.89. The minimum atomic E-state index is -0.418. The van der Waals surface area contributed by atoms with Crippen molar-refractivity contribution in [2.24, 2.45) is 0 Å². The maximum Gasteiger partial charge on any atom is 0.338 e. The molecular formula is C12H10ClNO3S. The van der Waals surface area contributed by atoms with Crippen molar-refractivity contribution in [1.82, 2.24) is 4.98 Å². The van der Waals surface area contributed by atoms with E-state index in [2.05, 4.69) is 4.98 Å². The lowest BCUT2D eigenvalue weighted by Crippen LogP contribution is -2.04. The third-order valence-electron chi connectivity index (χ3n) is 2.22. The average molecular weight is 284 g/mol. The quantitative estimate of drug-likeness (QED) is 0.809. The van der Waals surface area contributed by atoms with E-state index in [1.165, 1.54) is 18.4 Å². The summed E-state index contributed by atoms with van der Waals surface area (Å²) in [7, 11) is 1.49. The molecule has 2 rings (SSSR count). The molecule has 1 heterocycles. The van der Waals surface area contributed by atoms with Crippen LogP contribution >= 0.6 is 22.9 Å². The Balaban J connectivity index is 2.04. The molecule has 18 heavy (non-hydrogen) atoms. The Morgan fingerprint density at radius 1 is 1.50 bits per heavy atom. The first-order valence-corrected chi connectivity index (χ1v) is 6.34. The summed E-state index contributed by atoms with van der Waals surface area (Å²) in [6, 6.07) is 4.75. The van der Waals surface area contributed by atoms with E-state index in [1.54, 1.807) is 29.9 Å². The number of esters is 1. The number of carbonyl (C=O) groups excluding carboxylic acids is 1. The molecule has 1 aromatic heterocycles. The maximum absolute atomic E-state index is 11.8. The van der Waals surface area contributed by atoms with Gasteiger partial charge in [0.25, 0.3) is 0 Å². The molecule has 0 radical (unpaired) electrons. The molecule has 0 unspecified atom stereocenters. The van der Waals surface area contributed by atoms with Gasteiger partial charge in [-0.05, 0) is 18.2 Å². The van der Waals surface area contributed by atoms with Gasteiger partial charge in [-0.2, -0.15) is 0 Å². The number of hydrogen-bond donors (Lipinski definition) is 0. The summed E-state index contributed by atoms with van der Waals surface area (Å²) in [6.45, 7) is 0.217. The Labute approximate surface area is 113 Å². The van der Waals surface area contributed by atoms with Crippen molar-refractivity contribution in [1.29, 1.82) is 0 Å². The second-order valence-electron chi connectivity index (χ2n) is 3.39. The fourth-order valence-corrected chi connectivity index (χ4v) is 2.02. The number of carbonyl (C=O) groups is 1. The highest BCUT2D eigenvalue weighted by atomic mass is 35.5. The van der Waals surface area contributed by atoms with Gasteiger partial charge in [-0.3, -0.25) is 4.98 Å². The van der Waals surface area contributed by atoms with E-state index < -0.39 is 5.97 Å². The fraction of sp³-hybridized carbons (Fsp3) is 0.167. The molecule has 1 aromatic carbocycles. The highest BCUT2D eigenvalue weighted by molar-refractivity contribution is 7.09. The second-order valence-corrected chi connectivity index (χ2v) is 4.77. The summed E-state index contributed by atoms with van der Waals surface area (Å²) in [5.74, 6) is 0.0299. The van der Waals surface area contributed by atoms with Crippen molar-refractivity contribution >= 4 is 28.9 Å². The zero-order valence-corrected chi connectivity index (χ0v) is 11.1. The molecule has 0 fully saturated rings. The first kappa shape index (κ1) is 12.9. The van der Waals surface area contributed by atoms with Crippen LogP contribution in [0.1, 0.15) is 15.2 Å². The summed E-state index contributed by atoms with van der Waals surface area (Å²) >= 11 is 7.31. The van der Waals surface area contributed by atoms with Crippen molar-refractivity contribution < 1.29 is 14.3 Å². The number of hydrogen-bond acceptors (Lipinski definition) is 5. The molecule has 0 spiro atoms. The van der Waals surface area contributed by atoms with Gasteiger partial charge in [-0.1, -0.05) is 11.6 Å². The van der Waals surface area contributed by atoms with E-state index >= 15 is 0 Å². The number of aromatic nitrogens is 1. The second kappa shape index (κ2) is 5.84. The van der Waals surface area contributed by atoms with E-state index in [0.29, 0.717) is 16.3 Å². The van der Waals surface area contributed by atoms with Crippen molar-refractivity contribution in [2.75, 3.05) is 7.11 Å². The first-order chi connectivity index (χ1) is 8.70. The Morgan fingerprint density at radius 2 is 2.33 bits per heavy atom. The van der Waals surface area contributed by atoms with Gasteiger partial charge in [-0.25, -0.2) is 4.79 Å². The lowest BCUT2D eigenvalue weighted by atomic mass is 10.2. The van der Waals surface area contributed by atoms with Crippen LogP contribution in [0, 0.1) is 0 Å². The molecule has 0 aliphatic heterocycles. The highest BCUT2D eigenvalue weighted by Gasteiger charge is 2.11. The third kappa shape index (κ3) is 3.00. The van der Waals surface area contributed by atoms with E-state index in [9.17, 15) is 4.79 Å². The Bertz CT molecular complexity index is 542. The monoisotopic (exact) mass is 283 g/mol. The molecular weight excluding hydrogens is 274 g/mol. The van der Waals surface area contributed by atoms with Gasteiger partial charge in [0.15, 0.2) is 0 Å². The molecule has 0 saturated carbocycles. The normalized spacial score (nSPS) is 10.1. The van der Waals surface area contributed by atoms with Gasteiger partial charge in [0.1, 0.15) is 12.4 Å². The summed E-state index contributed by atoms with van der Waals surface area (Å²) in [5.41, 5.74) is 2.09. The van der Waals surface area contributed by atoms with Crippen molar-refractivity contribution in [3.63, 3.8) is 0 Å². The highest BCUT2D eigenvalue weighted by Crippen LogP contribution is 2.25. The minimum Gasteiger partial charge on any atom is -0.495 e. The van der Waals surface area contributed by atoms with Gasteiger partial charge in [-0.15, -0.1) is 11.3 Å². The molecule has 4 nitrogen and oxygen atoms in total. The Kier molecular flexibility index (Phi) is 4.17. The molecule has 0 atom stereocenters. The van der Waals surface area contributed by atoms with Crippen LogP contribution in [0.4, 0.5) is 0 Å². The summed E-state index contributed by atoms with van der Waals surface area (Å²) in [5, 5.41) is 0.455. The molecule has 0 aliphatic rings. The maximum atomic E-state index is 11.8. The van der Waals surface area contributed by atoms with Gasteiger partial charge in [0.05, 0.1) is 28.1 Å². The number of nitrogens with zero attached hydrogens (tertiary/aromatic N) is 1. The van der Waals surface area contributed by atoms with Gasteiger partial charge in [0.2, 0.25) is 0 Å². The smallest absolute Gasteiger partial charge is 0.338 e. The largest absolute Gasteiger partial charge is 0.495 e. The number of rotatable bonds is 4. The number of thiazole rings is 1. The number of halogens is 1. The standard InChI is InChI=1S/C12H10ClNO3S/c1-16-11-4-8(2-3-10(11)13)12(15)17-6-9-5-14-7-18-9/h2-5,7H,6H2,1H3. The molecule has 0 bridgehead atoms. The zero-order chi connectivity index (χ0) is 13.0. The predicted octanol–water partition coefficient (Wildman–Crippen LogP) is 3.16. The number of methoxy groups -OCH3 is 1. The zero-order valence-electron chi connectivity index (χ0n) is 9.55. The number of benzene rings is 1. The Hall–Kier alpha value is -1.59. The lowest BCUT2D eigenvalue weighted by Gasteiger charge is -2.06. The van der Waals surface area contributed by atoms with Crippen LogP contribution in [0.3, 0.4) is 0 Å². The Morgan fingerprint density at radius 3 is 3.00 bits per heavy atom. The summed E-state index contributed by atoms with van der Waals surface area (Å²) in [4.78, 5) is 16.6. The van der Waals surface area contributed by atoms with E-state index in [0.717, 1.165) is 4.88 Å². The molecule has 94 valence electrons. The van der Waals surface area contributed by atoms with Gasteiger partial charge >= 0.3 is 5.97 Å². The van der Waals surface area contributed by atoms with Crippen LogP contribution in [0.2, 0.25) is 5.02 Å². The van der Waals surface area contributed by atoms with Crippen LogP contribution < -0.4 is 4.74 Å². The lowest BCUT2D eigenvalue weighted by molar-refractivity contribution is 0.0476. The predicted molar refractivity (Wildman–Crippen MR) is 69.2 cm³/mol. The third-order valence-corrected chi connectivity index (χ3v) is 3.28. The van der Waals surface area contributed by atoms with Crippen molar-refractivity contribution in [2.45, 2.75) is 6.61 Å². The summed E-state index contributed by atoms with van der Waals surface area (Å²) < 4.78 is 10.2. The molecule has 2 aromatic rings. The topological polar surface area (TPSA) is 48.4 Å². The van der Waals surface area contributed by atoms with Crippen molar-refractivity contribution in [3.05, 3.63) is 45.4 Å². The number of ether oxygens (including phenoxy) is 2. The van der Waals surface area contributed by atoms with Crippen LogP contribution in [-0.4, -0.2) is 18.1 Å². The first-order valence-electron chi connectivity index (χ1n) is 5.08. The van der Waals surface area contributed by atoms with Gasteiger partial charge < -0.3 is 9.47 Å². The fourth-order valence-electron chi connectivity index (χ4n) is 1.32. The van der Waals surface area contributed by atoms with Crippen LogP contribution in [0.15, 0.2) is 29.9 Å². The molecule has 0 N–H and O–H groups in total.